The fourth-order valence-electron chi connectivity index (χ4n) is 3.69. The summed E-state index contributed by atoms with van der Waals surface area (Å²) < 4.78 is 46.9. The third-order valence-corrected chi connectivity index (χ3v) is 5.27. The first-order valence-corrected chi connectivity index (χ1v) is 10.4. The second kappa shape index (κ2) is 10.1. The third-order valence-electron chi connectivity index (χ3n) is 5.27. The number of nitrogens with zero attached hydrogens (tertiary/aromatic N) is 2. The Morgan fingerprint density at radius 2 is 1.94 bits per heavy atom. The summed E-state index contributed by atoms with van der Waals surface area (Å²) in [5.74, 6) is -0.721. The van der Waals surface area contributed by atoms with E-state index in [0.717, 1.165) is 29.7 Å². The molecule has 2 aromatic rings. The number of benzene rings is 1. The zero-order valence-corrected chi connectivity index (χ0v) is 17.4. The van der Waals surface area contributed by atoms with Crippen LogP contribution in [0.15, 0.2) is 35.1 Å². The van der Waals surface area contributed by atoms with Crippen LogP contribution in [-0.4, -0.2) is 34.9 Å². The molecule has 0 unspecified atom stereocenters. The van der Waals surface area contributed by atoms with Gasteiger partial charge in [0.25, 0.3) is 5.91 Å². The standard InChI is InChI=1S/C22H26F3N3O3/c1-15-14-19(29)20(21(30)26-12-7-13-31-16-8-3-2-4-9-16)27-28(15)18-11-6-5-10-17(18)22(23,24)25/h5-6,10-11,14,16H,2-4,7-9,12-13H2,1H3,(H,26,30). The highest BCUT2D eigenvalue weighted by molar-refractivity contribution is 5.92. The highest BCUT2D eigenvalue weighted by Crippen LogP contribution is 2.33. The van der Waals surface area contributed by atoms with E-state index in [2.05, 4.69) is 10.4 Å². The fourth-order valence-corrected chi connectivity index (χ4v) is 3.69. The maximum Gasteiger partial charge on any atom is 0.418 e. The minimum absolute atomic E-state index is 0.194. The average Bonchev–Trinajstić information content (AvgIpc) is 2.73. The summed E-state index contributed by atoms with van der Waals surface area (Å²) >= 11 is 0. The molecule has 0 aliphatic heterocycles. The topological polar surface area (TPSA) is 73.2 Å². The molecule has 0 radical (unpaired) electrons. The molecule has 1 fully saturated rings. The number of ether oxygens (including phenoxy) is 1. The number of carbonyl (C=O) groups is 1. The monoisotopic (exact) mass is 437 g/mol. The van der Waals surface area contributed by atoms with Gasteiger partial charge < -0.3 is 10.1 Å². The largest absolute Gasteiger partial charge is 0.418 e. The zero-order chi connectivity index (χ0) is 22.4. The summed E-state index contributed by atoms with van der Waals surface area (Å²) in [5, 5.41) is 6.55. The van der Waals surface area contributed by atoms with Gasteiger partial charge in [-0.15, -0.1) is 0 Å². The van der Waals surface area contributed by atoms with Crippen LogP contribution in [0, 0.1) is 6.92 Å². The number of amides is 1. The first-order valence-electron chi connectivity index (χ1n) is 10.4. The Morgan fingerprint density at radius 3 is 2.65 bits per heavy atom. The number of rotatable bonds is 7. The maximum atomic E-state index is 13.4. The molecule has 0 atom stereocenters. The quantitative estimate of drug-likeness (QED) is 0.664. The molecule has 3 rings (SSSR count). The van der Waals surface area contributed by atoms with E-state index in [9.17, 15) is 22.8 Å². The van der Waals surface area contributed by atoms with Gasteiger partial charge in [-0.25, -0.2) is 4.68 Å². The summed E-state index contributed by atoms with van der Waals surface area (Å²) in [6.45, 7) is 2.24. The molecule has 1 N–H and O–H groups in total. The first kappa shape index (κ1) is 23.0. The summed E-state index contributed by atoms with van der Waals surface area (Å²) in [5.41, 5.74) is -2.05. The molecule has 0 spiro atoms. The lowest BCUT2D eigenvalue weighted by molar-refractivity contribution is -0.137. The number of aromatic nitrogens is 2. The fraction of sp³-hybridized carbons (Fsp3) is 0.500. The highest BCUT2D eigenvalue weighted by Gasteiger charge is 2.34. The van der Waals surface area contributed by atoms with Crippen molar-refractivity contribution in [3.8, 4) is 5.69 Å². The van der Waals surface area contributed by atoms with Crippen molar-refractivity contribution in [2.24, 2.45) is 0 Å². The van der Waals surface area contributed by atoms with Gasteiger partial charge in [0.2, 0.25) is 5.43 Å². The Bertz CT molecular complexity index is 966. The first-order chi connectivity index (χ1) is 14.8. The zero-order valence-electron chi connectivity index (χ0n) is 17.4. The number of para-hydroxylation sites is 1. The minimum Gasteiger partial charge on any atom is -0.378 e. The van der Waals surface area contributed by atoms with Crippen molar-refractivity contribution in [1.29, 1.82) is 0 Å². The van der Waals surface area contributed by atoms with E-state index in [1.54, 1.807) is 0 Å². The van der Waals surface area contributed by atoms with Gasteiger partial charge in [-0.3, -0.25) is 9.59 Å². The molecular weight excluding hydrogens is 411 g/mol. The van der Waals surface area contributed by atoms with Gasteiger partial charge in [0.1, 0.15) is 0 Å². The predicted octanol–water partition coefficient (Wildman–Crippen LogP) is 4.03. The van der Waals surface area contributed by atoms with Gasteiger partial charge in [-0.2, -0.15) is 18.3 Å². The van der Waals surface area contributed by atoms with Crippen molar-refractivity contribution in [1.82, 2.24) is 15.1 Å². The molecular formula is C22H26F3N3O3. The van der Waals surface area contributed by atoms with Gasteiger partial charge in [-0.05, 0) is 38.3 Å². The Labute approximate surface area is 178 Å². The van der Waals surface area contributed by atoms with Crippen molar-refractivity contribution in [2.75, 3.05) is 13.2 Å². The molecule has 1 aromatic heterocycles. The van der Waals surface area contributed by atoms with Gasteiger partial charge in [0.15, 0.2) is 5.69 Å². The molecule has 9 heteroatoms. The lowest BCUT2D eigenvalue weighted by Gasteiger charge is -2.21. The van der Waals surface area contributed by atoms with Crippen molar-refractivity contribution in [2.45, 2.75) is 57.7 Å². The number of halogens is 3. The van der Waals surface area contributed by atoms with E-state index in [0.29, 0.717) is 13.0 Å². The molecule has 1 aliphatic carbocycles. The minimum atomic E-state index is -4.60. The van der Waals surface area contributed by atoms with Gasteiger partial charge >= 0.3 is 6.18 Å². The second-order valence-electron chi connectivity index (χ2n) is 7.67. The molecule has 0 saturated heterocycles. The van der Waals surface area contributed by atoms with E-state index in [-0.39, 0.29) is 24.0 Å². The number of carbonyl (C=O) groups excluding carboxylic acids is 1. The lowest BCUT2D eigenvalue weighted by Crippen LogP contribution is -2.33. The maximum absolute atomic E-state index is 13.4. The van der Waals surface area contributed by atoms with E-state index < -0.39 is 28.8 Å². The SMILES string of the molecule is Cc1cc(=O)c(C(=O)NCCCOC2CCCCC2)nn1-c1ccccc1C(F)(F)F. The predicted molar refractivity (Wildman–Crippen MR) is 109 cm³/mol. The second-order valence-corrected chi connectivity index (χ2v) is 7.67. The van der Waals surface area contributed by atoms with Crippen molar-refractivity contribution in [3.63, 3.8) is 0 Å². The molecule has 31 heavy (non-hydrogen) atoms. The summed E-state index contributed by atoms with van der Waals surface area (Å²) in [7, 11) is 0. The van der Waals surface area contributed by atoms with Crippen LogP contribution in [0.2, 0.25) is 0 Å². The Kier molecular flexibility index (Phi) is 7.48. The van der Waals surface area contributed by atoms with Crippen molar-refractivity contribution < 1.29 is 22.7 Å². The summed E-state index contributed by atoms with van der Waals surface area (Å²) in [6, 6.07) is 6.00. The van der Waals surface area contributed by atoms with Crippen LogP contribution in [0.5, 0.6) is 0 Å². The van der Waals surface area contributed by atoms with Crippen LogP contribution in [-0.2, 0) is 10.9 Å². The molecule has 168 valence electrons. The van der Waals surface area contributed by atoms with Crippen LogP contribution < -0.4 is 10.7 Å². The molecule has 1 heterocycles. The summed E-state index contributed by atoms with van der Waals surface area (Å²) in [4.78, 5) is 24.7. The number of hydrogen-bond acceptors (Lipinski definition) is 4. The molecule has 1 aliphatic rings. The van der Waals surface area contributed by atoms with Crippen LogP contribution in [0.25, 0.3) is 5.69 Å². The lowest BCUT2D eigenvalue weighted by atomic mass is 9.98. The normalized spacial score (nSPS) is 15.1. The smallest absolute Gasteiger partial charge is 0.378 e. The molecule has 1 saturated carbocycles. The number of aryl methyl sites for hydroxylation is 1. The van der Waals surface area contributed by atoms with E-state index in [1.807, 2.05) is 0 Å². The van der Waals surface area contributed by atoms with Crippen molar-refractivity contribution >= 4 is 5.91 Å². The number of hydrogen-bond donors (Lipinski definition) is 1. The van der Waals surface area contributed by atoms with Gasteiger partial charge in [-0.1, -0.05) is 31.4 Å². The van der Waals surface area contributed by atoms with Crippen molar-refractivity contribution in [3.05, 3.63) is 57.5 Å². The Hall–Kier alpha value is -2.68. The highest BCUT2D eigenvalue weighted by atomic mass is 19.4. The van der Waals surface area contributed by atoms with E-state index >= 15 is 0 Å². The van der Waals surface area contributed by atoms with Crippen LogP contribution in [0.4, 0.5) is 13.2 Å². The molecule has 1 aromatic carbocycles. The summed E-state index contributed by atoms with van der Waals surface area (Å²) in [6.07, 6.45) is 1.92. The third kappa shape index (κ3) is 5.94. The molecule has 1 amide bonds. The van der Waals surface area contributed by atoms with E-state index in [1.165, 1.54) is 44.4 Å². The molecule has 0 bridgehead atoms. The number of alkyl halides is 3. The Morgan fingerprint density at radius 1 is 1.23 bits per heavy atom. The average molecular weight is 437 g/mol. The van der Waals surface area contributed by atoms with Gasteiger partial charge in [0.05, 0.1) is 17.4 Å². The van der Waals surface area contributed by atoms with E-state index in [4.69, 9.17) is 4.74 Å². The Balaban J connectivity index is 1.68. The van der Waals surface area contributed by atoms with Crippen LogP contribution in [0.3, 0.4) is 0 Å². The van der Waals surface area contributed by atoms with Crippen LogP contribution in [0.1, 0.15) is 60.3 Å². The van der Waals surface area contributed by atoms with Crippen LogP contribution >= 0.6 is 0 Å². The number of nitrogens with one attached hydrogen (secondary N) is 1. The molecule has 6 nitrogen and oxygen atoms in total. The van der Waals surface area contributed by atoms with Gasteiger partial charge in [0, 0.05) is 24.9 Å².